The van der Waals surface area contributed by atoms with Gasteiger partial charge in [0, 0.05) is 16.6 Å². The summed E-state index contributed by atoms with van der Waals surface area (Å²) in [5, 5.41) is 22.2. The first-order chi connectivity index (χ1) is 14.7. The molecule has 31 heavy (non-hydrogen) atoms. The number of carbonyl (C=O) groups is 2. The lowest BCUT2D eigenvalue weighted by Gasteiger charge is -2.26. The van der Waals surface area contributed by atoms with Crippen molar-refractivity contribution in [1.29, 1.82) is 0 Å². The van der Waals surface area contributed by atoms with Crippen LogP contribution in [-0.2, 0) is 11.2 Å². The third-order valence-electron chi connectivity index (χ3n) is 4.82. The van der Waals surface area contributed by atoms with Gasteiger partial charge in [-0.25, -0.2) is 4.39 Å². The third kappa shape index (κ3) is 5.65. The van der Waals surface area contributed by atoms with Crippen molar-refractivity contribution in [3.05, 3.63) is 70.8 Å². The second-order valence-corrected chi connectivity index (χ2v) is 7.91. The zero-order valence-corrected chi connectivity index (χ0v) is 17.4. The highest BCUT2D eigenvalue weighted by Crippen LogP contribution is 2.27. The molecule has 2 atom stereocenters. The Morgan fingerprint density at radius 1 is 1.29 bits per heavy atom. The van der Waals surface area contributed by atoms with Gasteiger partial charge in [-0.1, -0.05) is 35.9 Å². The van der Waals surface area contributed by atoms with Crippen LogP contribution in [0.2, 0.25) is 5.02 Å². The first-order valence-electron chi connectivity index (χ1n) is 9.39. The molecule has 3 aromatic rings. The number of nitrogens with zero attached hydrogens (tertiary/aromatic N) is 2. The molecule has 0 aliphatic carbocycles. The molecule has 1 amide bonds. The number of carboxylic acid groups (broad SMARTS) is 1. The Labute approximate surface area is 182 Å². The number of hydrogen-bond donors (Lipinski definition) is 4. The SMILES string of the molecule is CC(N)(CC(Cc1ccc(-c2cc(Cl)ccc2F)cc1)NC(=O)c1cn[nH]n1)C(=O)O. The maximum Gasteiger partial charge on any atom is 0.323 e. The van der Waals surface area contributed by atoms with E-state index in [1.54, 1.807) is 30.3 Å². The fourth-order valence-corrected chi connectivity index (χ4v) is 3.34. The van der Waals surface area contributed by atoms with Crippen LogP contribution in [0.1, 0.15) is 29.4 Å². The van der Waals surface area contributed by atoms with E-state index in [0.29, 0.717) is 22.6 Å². The summed E-state index contributed by atoms with van der Waals surface area (Å²) in [4.78, 5) is 23.9. The molecule has 0 aliphatic heterocycles. The molecule has 8 nitrogen and oxygen atoms in total. The summed E-state index contributed by atoms with van der Waals surface area (Å²) in [5.41, 5.74) is 6.24. The summed E-state index contributed by atoms with van der Waals surface area (Å²) in [6.45, 7) is 1.38. The van der Waals surface area contributed by atoms with Crippen LogP contribution in [0.4, 0.5) is 4.39 Å². The number of nitrogens with two attached hydrogens (primary N) is 1. The molecule has 10 heteroatoms. The van der Waals surface area contributed by atoms with Gasteiger partial charge < -0.3 is 16.2 Å². The van der Waals surface area contributed by atoms with Crippen molar-refractivity contribution in [1.82, 2.24) is 20.7 Å². The Balaban J connectivity index is 1.80. The van der Waals surface area contributed by atoms with E-state index in [9.17, 15) is 19.1 Å². The molecule has 1 aromatic heterocycles. The van der Waals surface area contributed by atoms with E-state index >= 15 is 0 Å². The molecule has 0 aliphatic rings. The Kier molecular flexibility index (Phi) is 6.67. The average Bonchev–Trinajstić information content (AvgIpc) is 3.25. The summed E-state index contributed by atoms with van der Waals surface area (Å²) in [7, 11) is 0. The van der Waals surface area contributed by atoms with Gasteiger partial charge in [0.05, 0.1) is 6.20 Å². The highest BCUT2D eigenvalue weighted by atomic mass is 35.5. The minimum atomic E-state index is -1.55. The van der Waals surface area contributed by atoms with E-state index in [1.807, 2.05) is 0 Å². The molecule has 0 radical (unpaired) electrons. The number of carboxylic acids is 1. The molecule has 0 spiro atoms. The molecular formula is C21H21ClFN5O3. The normalized spacial score (nSPS) is 13.9. The topological polar surface area (TPSA) is 134 Å². The first kappa shape index (κ1) is 22.4. The van der Waals surface area contributed by atoms with E-state index < -0.39 is 29.3 Å². The minimum Gasteiger partial charge on any atom is -0.480 e. The number of H-pyrrole nitrogens is 1. The molecule has 3 rings (SSSR count). The fourth-order valence-electron chi connectivity index (χ4n) is 3.17. The molecule has 0 saturated heterocycles. The van der Waals surface area contributed by atoms with Crippen LogP contribution in [0.15, 0.2) is 48.7 Å². The number of aliphatic carboxylic acids is 1. The van der Waals surface area contributed by atoms with Crippen molar-refractivity contribution in [3.63, 3.8) is 0 Å². The lowest BCUT2D eigenvalue weighted by molar-refractivity contribution is -0.143. The predicted molar refractivity (Wildman–Crippen MR) is 113 cm³/mol. The quantitative estimate of drug-likeness (QED) is 0.421. The number of aromatic amines is 1. The van der Waals surface area contributed by atoms with E-state index in [-0.39, 0.29) is 12.1 Å². The van der Waals surface area contributed by atoms with Gasteiger partial charge in [-0.15, -0.1) is 0 Å². The van der Waals surface area contributed by atoms with Crippen molar-refractivity contribution in [2.24, 2.45) is 5.73 Å². The number of carbonyl (C=O) groups excluding carboxylic acids is 1. The number of rotatable bonds is 8. The molecule has 0 saturated carbocycles. The summed E-state index contributed by atoms with van der Waals surface area (Å²) in [6.07, 6.45) is 1.55. The van der Waals surface area contributed by atoms with Crippen molar-refractivity contribution < 1.29 is 19.1 Å². The van der Waals surface area contributed by atoms with Gasteiger partial charge in [-0.2, -0.15) is 15.4 Å². The van der Waals surface area contributed by atoms with E-state index in [4.69, 9.17) is 17.3 Å². The Hall–Kier alpha value is -3.30. The maximum absolute atomic E-state index is 14.1. The van der Waals surface area contributed by atoms with Crippen LogP contribution in [0, 0.1) is 5.82 Å². The monoisotopic (exact) mass is 445 g/mol. The number of amides is 1. The highest BCUT2D eigenvalue weighted by molar-refractivity contribution is 6.30. The third-order valence-corrected chi connectivity index (χ3v) is 5.05. The molecular weight excluding hydrogens is 425 g/mol. The van der Waals surface area contributed by atoms with Gasteiger partial charge in [-0.3, -0.25) is 9.59 Å². The lowest BCUT2D eigenvalue weighted by Crippen LogP contribution is -2.51. The van der Waals surface area contributed by atoms with Crippen molar-refractivity contribution in [3.8, 4) is 11.1 Å². The van der Waals surface area contributed by atoms with Gasteiger partial charge in [-0.05, 0) is 49.1 Å². The zero-order valence-electron chi connectivity index (χ0n) is 16.6. The molecule has 5 N–H and O–H groups in total. The average molecular weight is 446 g/mol. The number of halogens is 2. The number of benzene rings is 2. The smallest absolute Gasteiger partial charge is 0.323 e. The van der Waals surface area contributed by atoms with Gasteiger partial charge in [0.25, 0.3) is 5.91 Å². The Morgan fingerprint density at radius 3 is 2.61 bits per heavy atom. The molecule has 0 fully saturated rings. The second kappa shape index (κ2) is 9.23. The van der Waals surface area contributed by atoms with E-state index in [0.717, 1.165) is 5.56 Å². The predicted octanol–water partition coefficient (Wildman–Crippen LogP) is 2.80. The highest BCUT2D eigenvalue weighted by Gasteiger charge is 2.32. The summed E-state index contributed by atoms with van der Waals surface area (Å²) >= 11 is 5.97. The summed E-state index contributed by atoms with van der Waals surface area (Å²) in [5.74, 6) is -2.08. The molecule has 2 aromatic carbocycles. The summed E-state index contributed by atoms with van der Waals surface area (Å²) in [6, 6.07) is 10.7. The van der Waals surface area contributed by atoms with E-state index in [1.165, 1.54) is 25.3 Å². The van der Waals surface area contributed by atoms with Crippen molar-refractivity contribution >= 4 is 23.5 Å². The number of hydrogen-bond acceptors (Lipinski definition) is 5. The van der Waals surface area contributed by atoms with Crippen molar-refractivity contribution in [2.45, 2.75) is 31.3 Å². The van der Waals surface area contributed by atoms with Crippen LogP contribution in [-0.4, -0.2) is 44.0 Å². The van der Waals surface area contributed by atoms with Gasteiger partial charge in [0.15, 0.2) is 5.69 Å². The van der Waals surface area contributed by atoms with Crippen LogP contribution in [0.25, 0.3) is 11.1 Å². The molecule has 0 bridgehead atoms. The largest absolute Gasteiger partial charge is 0.480 e. The Bertz CT molecular complexity index is 1070. The van der Waals surface area contributed by atoms with Crippen LogP contribution < -0.4 is 11.1 Å². The van der Waals surface area contributed by atoms with Gasteiger partial charge in [0.1, 0.15) is 11.4 Å². The minimum absolute atomic E-state index is 0.0173. The number of nitrogens with one attached hydrogen (secondary N) is 2. The van der Waals surface area contributed by atoms with Crippen LogP contribution in [0.3, 0.4) is 0 Å². The molecule has 1 heterocycles. The van der Waals surface area contributed by atoms with E-state index in [2.05, 4.69) is 20.7 Å². The molecule has 2 unspecified atom stereocenters. The van der Waals surface area contributed by atoms with Crippen LogP contribution >= 0.6 is 11.6 Å². The summed E-state index contributed by atoms with van der Waals surface area (Å²) < 4.78 is 14.1. The lowest BCUT2D eigenvalue weighted by atomic mass is 9.90. The van der Waals surface area contributed by atoms with Crippen molar-refractivity contribution in [2.75, 3.05) is 0 Å². The van der Waals surface area contributed by atoms with Gasteiger partial charge in [0.2, 0.25) is 0 Å². The fraction of sp³-hybridized carbons (Fsp3) is 0.238. The van der Waals surface area contributed by atoms with Gasteiger partial charge >= 0.3 is 5.97 Å². The standard InChI is InChI=1S/C21H21ClFN5O3/c1-21(24,20(30)31)10-15(26-19(29)18-11-25-28-27-18)8-12-2-4-13(5-3-12)16-9-14(22)6-7-17(16)23/h2-7,9,11,15H,8,10,24H2,1H3,(H,26,29)(H,30,31)(H,25,27,28). The maximum atomic E-state index is 14.1. The first-order valence-corrected chi connectivity index (χ1v) is 9.77. The Morgan fingerprint density at radius 2 is 2.00 bits per heavy atom. The second-order valence-electron chi connectivity index (χ2n) is 7.48. The molecule has 162 valence electrons. The number of aromatic nitrogens is 3. The van der Waals surface area contributed by atoms with Crippen LogP contribution in [0.5, 0.6) is 0 Å². The zero-order chi connectivity index (χ0) is 22.6.